The summed E-state index contributed by atoms with van der Waals surface area (Å²) >= 11 is 1.48. The van der Waals surface area contributed by atoms with E-state index >= 15 is 0 Å². The number of hydrogen-bond donors (Lipinski definition) is 1. The summed E-state index contributed by atoms with van der Waals surface area (Å²) in [6.45, 7) is 11.4. The lowest BCUT2D eigenvalue weighted by Crippen LogP contribution is -2.43. The predicted octanol–water partition coefficient (Wildman–Crippen LogP) is 3.49. The van der Waals surface area contributed by atoms with Crippen molar-refractivity contribution >= 4 is 17.7 Å². The zero-order valence-electron chi connectivity index (χ0n) is 16.9. The number of carbonyl (C=O) groups excluding carboxylic acids is 1. The highest BCUT2D eigenvalue weighted by Gasteiger charge is 2.23. The minimum absolute atomic E-state index is 0.0445. The lowest BCUT2D eigenvalue weighted by Gasteiger charge is -2.24. The van der Waals surface area contributed by atoms with Gasteiger partial charge in [0.1, 0.15) is 0 Å². The fourth-order valence-electron chi connectivity index (χ4n) is 2.59. The molecule has 1 aromatic rings. The quantitative estimate of drug-likeness (QED) is 0.605. The number of carbonyl (C=O) groups is 1. The van der Waals surface area contributed by atoms with Gasteiger partial charge >= 0.3 is 0 Å². The van der Waals surface area contributed by atoms with Crippen LogP contribution in [0.3, 0.4) is 0 Å². The second kappa shape index (κ2) is 10.2. The van der Waals surface area contributed by atoms with E-state index in [0.717, 1.165) is 43.2 Å². The van der Waals surface area contributed by atoms with Crippen molar-refractivity contribution in [3.05, 3.63) is 5.82 Å². The average molecular weight is 370 g/mol. The zero-order chi connectivity index (χ0) is 19.0. The van der Waals surface area contributed by atoms with Gasteiger partial charge in [0.05, 0.1) is 11.8 Å². The SMILES string of the molecule is CCCCn1c(SCC(=O)NC(C)(C)CC)nnc1C(CC)N(C)C. The maximum absolute atomic E-state index is 12.2. The molecule has 0 aliphatic carbocycles. The smallest absolute Gasteiger partial charge is 0.230 e. The van der Waals surface area contributed by atoms with Crippen LogP contribution in [0.2, 0.25) is 0 Å². The fourth-order valence-corrected chi connectivity index (χ4v) is 3.36. The van der Waals surface area contributed by atoms with Gasteiger partial charge in [-0.3, -0.25) is 9.69 Å². The minimum Gasteiger partial charge on any atom is -0.351 e. The van der Waals surface area contributed by atoms with Crippen molar-refractivity contribution in [1.82, 2.24) is 25.0 Å². The van der Waals surface area contributed by atoms with Crippen LogP contribution in [0.25, 0.3) is 0 Å². The van der Waals surface area contributed by atoms with Crippen LogP contribution in [-0.2, 0) is 11.3 Å². The Morgan fingerprint density at radius 2 is 1.96 bits per heavy atom. The lowest BCUT2D eigenvalue weighted by atomic mass is 10.0. The van der Waals surface area contributed by atoms with Crippen molar-refractivity contribution in [2.75, 3.05) is 19.8 Å². The Morgan fingerprint density at radius 3 is 2.48 bits per heavy atom. The van der Waals surface area contributed by atoms with E-state index in [1.807, 2.05) is 13.8 Å². The molecule has 1 amide bonds. The van der Waals surface area contributed by atoms with Gasteiger partial charge in [-0.25, -0.2) is 0 Å². The molecule has 0 aliphatic rings. The fraction of sp³-hybridized carbons (Fsp3) is 0.833. The van der Waals surface area contributed by atoms with Crippen LogP contribution in [0.4, 0.5) is 0 Å². The molecule has 0 bridgehead atoms. The van der Waals surface area contributed by atoms with E-state index in [1.54, 1.807) is 0 Å². The van der Waals surface area contributed by atoms with Crippen LogP contribution >= 0.6 is 11.8 Å². The molecule has 25 heavy (non-hydrogen) atoms. The van der Waals surface area contributed by atoms with E-state index in [-0.39, 0.29) is 17.5 Å². The Bertz CT molecular complexity index is 542. The molecule has 6 nitrogen and oxygen atoms in total. The Hall–Kier alpha value is -1.08. The number of unbranched alkanes of at least 4 members (excludes halogenated alkanes) is 1. The van der Waals surface area contributed by atoms with Gasteiger partial charge in [-0.05, 0) is 47.2 Å². The van der Waals surface area contributed by atoms with Crippen LogP contribution in [0.1, 0.15) is 72.2 Å². The number of thioether (sulfide) groups is 1. The summed E-state index contributed by atoms with van der Waals surface area (Å²) in [5.74, 6) is 1.41. The summed E-state index contributed by atoms with van der Waals surface area (Å²) in [6, 6.07) is 0.242. The van der Waals surface area contributed by atoms with Gasteiger partial charge in [-0.15, -0.1) is 10.2 Å². The first-order valence-corrected chi connectivity index (χ1v) is 10.3. The molecular weight excluding hydrogens is 334 g/mol. The van der Waals surface area contributed by atoms with Crippen LogP contribution in [0, 0.1) is 0 Å². The van der Waals surface area contributed by atoms with Gasteiger partial charge < -0.3 is 9.88 Å². The Kier molecular flexibility index (Phi) is 8.93. The first-order valence-electron chi connectivity index (χ1n) is 9.29. The molecule has 1 aromatic heterocycles. The molecule has 1 rings (SSSR count). The van der Waals surface area contributed by atoms with Crippen LogP contribution < -0.4 is 5.32 Å². The van der Waals surface area contributed by atoms with E-state index in [9.17, 15) is 4.79 Å². The summed E-state index contributed by atoms with van der Waals surface area (Å²) in [6.07, 6.45) is 4.08. The highest BCUT2D eigenvalue weighted by molar-refractivity contribution is 7.99. The van der Waals surface area contributed by atoms with Crippen LogP contribution in [0.5, 0.6) is 0 Å². The molecule has 1 heterocycles. The molecule has 7 heteroatoms. The van der Waals surface area contributed by atoms with Gasteiger partial charge in [0, 0.05) is 12.1 Å². The Balaban J connectivity index is 2.88. The van der Waals surface area contributed by atoms with Gasteiger partial charge in [0.2, 0.25) is 5.91 Å². The molecule has 0 fully saturated rings. The zero-order valence-corrected chi connectivity index (χ0v) is 17.7. The second-order valence-electron chi connectivity index (χ2n) is 7.31. The normalized spacial score (nSPS) is 13.3. The molecule has 1 unspecified atom stereocenters. The maximum Gasteiger partial charge on any atom is 0.230 e. The molecule has 0 aromatic carbocycles. The van der Waals surface area contributed by atoms with Crippen molar-refractivity contribution < 1.29 is 4.79 Å². The number of hydrogen-bond acceptors (Lipinski definition) is 5. The molecule has 0 aliphatic heterocycles. The number of amides is 1. The first-order chi connectivity index (χ1) is 11.8. The van der Waals surface area contributed by atoms with Gasteiger partial charge in [-0.1, -0.05) is 39.0 Å². The monoisotopic (exact) mass is 369 g/mol. The molecule has 0 saturated carbocycles. The van der Waals surface area contributed by atoms with Crippen molar-refractivity contribution in [2.45, 2.75) is 83.6 Å². The third-order valence-corrected chi connectivity index (χ3v) is 5.45. The topological polar surface area (TPSA) is 63.1 Å². The van der Waals surface area contributed by atoms with E-state index in [0.29, 0.717) is 5.75 Å². The van der Waals surface area contributed by atoms with E-state index in [1.165, 1.54) is 11.8 Å². The van der Waals surface area contributed by atoms with E-state index in [2.05, 4.69) is 59.8 Å². The summed E-state index contributed by atoms with van der Waals surface area (Å²) < 4.78 is 2.20. The third-order valence-electron chi connectivity index (χ3n) is 4.48. The molecule has 0 spiro atoms. The van der Waals surface area contributed by atoms with Crippen molar-refractivity contribution in [1.29, 1.82) is 0 Å². The standard InChI is InChI=1S/C18H35N5OS/c1-8-11-12-23-16(14(9-2)22(6)7)20-21-17(23)25-13-15(24)19-18(4,5)10-3/h14H,8-13H2,1-7H3,(H,19,24). The third kappa shape index (κ3) is 6.62. The van der Waals surface area contributed by atoms with E-state index < -0.39 is 0 Å². The van der Waals surface area contributed by atoms with Gasteiger partial charge in [0.15, 0.2) is 11.0 Å². The Morgan fingerprint density at radius 1 is 1.28 bits per heavy atom. The molecule has 0 saturated heterocycles. The highest BCUT2D eigenvalue weighted by atomic mass is 32.2. The minimum atomic E-state index is -0.170. The van der Waals surface area contributed by atoms with E-state index in [4.69, 9.17) is 0 Å². The molecule has 144 valence electrons. The maximum atomic E-state index is 12.2. The van der Waals surface area contributed by atoms with Gasteiger partial charge in [0.25, 0.3) is 0 Å². The number of nitrogens with one attached hydrogen (secondary N) is 1. The second-order valence-corrected chi connectivity index (χ2v) is 8.25. The first kappa shape index (κ1) is 22.0. The van der Waals surface area contributed by atoms with Crippen molar-refractivity contribution in [3.63, 3.8) is 0 Å². The number of nitrogens with zero attached hydrogens (tertiary/aromatic N) is 4. The van der Waals surface area contributed by atoms with Gasteiger partial charge in [-0.2, -0.15) is 0 Å². The largest absolute Gasteiger partial charge is 0.351 e. The Labute approximate surface area is 157 Å². The van der Waals surface area contributed by atoms with Crippen LogP contribution in [-0.4, -0.2) is 51.0 Å². The number of aromatic nitrogens is 3. The van der Waals surface area contributed by atoms with Crippen LogP contribution in [0.15, 0.2) is 5.16 Å². The summed E-state index contributed by atoms with van der Waals surface area (Å²) in [4.78, 5) is 14.4. The van der Waals surface area contributed by atoms with Crippen molar-refractivity contribution in [2.24, 2.45) is 0 Å². The summed E-state index contributed by atoms with van der Waals surface area (Å²) in [5, 5.41) is 12.7. The molecular formula is C18H35N5OS. The molecule has 0 radical (unpaired) electrons. The lowest BCUT2D eigenvalue weighted by molar-refractivity contribution is -0.120. The highest BCUT2D eigenvalue weighted by Crippen LogP contribution is 2.25. The number of rotatable bonds is 11. The summed E-state index contributed by atoms with van der Waals surface area (Å²) in [7, 11) is 4.14. The molecule has 1 N–H and O–H groups in total. The average Bonchev–Trinajstić information content (AvgIpc) is 2.93. The van der Waals surface area contributed by atoms with Crippen molar-refractivity contribution in [3.8, 4) is 0 Å². The predicted molar refractivity (Wildman–Crippen MR) is 105 cm³/mol. The molecule has 1 atom stereocenters. The summed E-state index contributed by atoms with van der Waals surface area (Å²) in [5.41, 5.74) is -0.170.